The molecule has 1 aromatic rings. The van der Waals surface area contributed by atoms with Crippen molar-refractivity contribution in [3.05, 3.63) is 54.1 Å². The first-order valence-electron chi connectivity index (χ1n) is 8.75. The molecule has 0 radical (unpaired) electrons. The van der Waals surface area contributed by atoms with Gasteiger partial charge in [-0.2, -0.15) is 0 Å². The smallest absolute Gasteiger partial charge is 0.218 e. The first-order chi connectivity index (χ1) is 12.8. The molecule has 1 aromatic carbocycles. The molecule has 142 valence electrons. The molecule has 1 saturated carbocycles. The number of aliphatic imine (C=N–C) groups is 1. The van der Waals surface area contributed by atoms with E-state index < -0.39 is 22.8 Å². The summed E-state index contributed by atoms with van der Waals surface area (Å²) in [6.45, 7) is 0. The quantitative estimate of drug-likeness (QED) is 0.830. The van der Waals surface area contributed by atoms with Gasteiger partial charge in [-0.1, -0.05) is 24.3 Å². The molecule has 1 aliphatic heterocycles. The molecule has 1 spiro atoms. The summed E-state index contributed by atoms with van der Waals surface area (Å²) in [7, 11) is 4.83. The van der Waals surface area contributed by atoms with E-state index in [-0.39, 0.29) is 18.2 Å². The van der Waals surface area contributed by atoms with E-state index in [9.17, 15) is 9.90 Å². The van der Waals surface area contributed by atoms with Gasteiger partial charge in [0.25, 0.3) is 0 Å². The van der Waals surface area contributed by atoms with E-state index in [4.69, 9.17) is 15.2 Å². The topological polar surface area (TPSA) is 97.4 Å². The summed E-state index contributed by atoms with van der Waals surface area (Å²) in [6, 6.07) is 7.58. The summed E-state index contributed by atoms with van der Waals surface area (Å²) in [5, 5.41) is 11.7. The van der Waals surface area contributed by atoms with Gasteiger partial charge >= 0.3 is 0 Å². The molecular formula is C20H23N3O4. The lowest BCUT2D eigenvalue weighted by Crippen LogP contribution is -2.58. The monoisotopic (exact) mass is 369 g/mol. The molecule has 7 nitrogen and oxygen atoms in total. The van der Waals surface area contributed by atoms with Crippen LogP contribution in [0.1, 0.15) is 17.9 Å². The number of likely N-dealkylation sites (N-methyl/N-ethyl adjacent to an activating group) is 1. The number of ether oxygens (including phenoxy) is 2. The Labute approximate surface area is 157 Å². The standard InChI is InChI=1S/C20H23N3O4/c1-23-17(21)22-20(27-3)16(13-4-6-15(26-2)7-5-13)18(12-19(20,23)25)10-8-14(24)9-11-18/h4-11,16,25H,12H2,1-3H3,(H2,21,22). The summed E-state index contributed by atoms with van der Waals surface area (Å²) in [5.41, 5.74) is 3.56. The lowest BCUT2D eigenvalue weighted by molar-refractivity contribution is -0.188. The normalized spacial score (nSPS) is 33.5. The first-order valence-corrected chi connectivity index (χ1v) is 8.75. The lowest BCUT2D eigenvalue weighted by atomic mass is 9.70. The molecule has 1 heterocycles. The van der Waals surface area contributed by atoms with Crippen LogP contribution in [0.3, 0.4) is 0 Å². The lowest BCUT2D eigenvalue weighted by Gasteiger charge is -2.40. The van der Waals surface area contributed by atoms with Crippen LogP contribution in [0.4, 0.5) is 0 Å². The van der Waals surface area contributed by atoms with Gasteiger partial charge < -0.3 is 25.2 Å². The second kappa shape index (κ2) is 5.68. The van der Waals surface area contributed by atoms with Gasteiger partial charge in [-0.3, -0.25) is 4.79 Å². The Morgan fingerprint density at radius 2 is 1.85 bits per heavy atom. The molecule has 27 heavy (non-hydrogen) atoms. The van der Waals surface area contributed by atoms with Crippen molar-refractivity contribution < 1.29 is 19.4 Å². The minimum atomic E-state index is -1.45. The number of methoxy groups -OCH3 is 2. The number of hydrogen-bond donors (Lipinski definition) is 2. The van der Waals surface area contributed by atoms with Gasteiger partial charge in [0.15, 0.2) is 17.5 Å². The zero-order valence-corrected chi connectivity index (χ0v) is 15.5. The Kier molecular flexibility index (Phi) is 3.73. The molecule has 7 heteroatoms. The van der Waals surface area contributed by atoms with Crippen LogP contribution in [-0.2, 0) is 9.53 Å². The molecule has 3 unspecified atom stereocenters. The number of rotatable bonds is 3. The van der Waals surface area contributed by atoms with Crippen LogP contribution in [0.5, 0.6) is 5.75 Å². The van der Waals surface area contributed by atoms with E-state index in [0.717, 1.165) is 11.3 Å². The van der Waals surface area contributed by atoms with Crippen LogP contribution in [0.15, 0.2) is 53.6 Å². The number of ketones is 1. The van der Waals surface area contributed by atoms with Gasteiger partial charge in [-0.05, 0) is 29.8 Å². The highest BCUT2D eigenvalue weighted by atomic mass is 16.5. The number of carbonyl (C=O) groups excluding carboxylic acids is 1. The maximum atomic E-state index is 11.8. The summed E-state index contributed by atoms with van der Waals surface area (Å²) < 4.78 is 11.2. The SMILES string of the molecule is COc1ccc(C2C3(C=CC(=O)C=C3)CC3(O)N(C)C(N)=NC23OC)cc1. The molecule has 1 fully saturated rings. The third-order valence-electron chi connectivity index (χ3n) is 6.11. The van der Waals surface area contributed by atoms with E-state index in [0.29, 0.717) is 0 Å². The Hall–Kier alpha value is -2.64. The highest BCUT2D eigenvalue weighted by Gasteiger charge is 2.74. The van der Waals surface area contributed by atoms with Crippen molar-refractivity contribution in [1.82, 2.24) is 4.90 Å². The number of carbonyl (C=O) groups is 1. The van der Waals surface area contributed by atoms with Crippen LogP contribution in [-0.4, -0.2) is 54.5 Å². The van der Waals surface area contributed by atoms with E-state index in [2.05, 4.69) is 4.99 Å². The average molecular weight is 369 g/mol. The second-order valence-corrected chi connectivity index (χ2v) is 7.31. The fourth-order valence-electron chi connectivity index (χ4n) is 4.75. The van der Waals surface area contributed by atoms with Crippen LogP contribution in [0, 0.1) is 5.41 Å². The molecule has 0 bridgehead atoms. The van der Waals surface area contributed by atoms with Gasteiger partial charge in [-0.25, -0.2) is 4.99 Å². The average Bonchev–Trinajstić information content (AvgIpc) is 3.00. The molecule has 3 atom stereocenters. The largest absolute Gasteiger partial charge is 0.497 e. The molecule has 3 aliphatic rings. The van der Waals surface area contributed by atoms with Crippen molar-refractivity contribution in [2.75, 3.05) is 21.3 Å². The molecule has 0 saturated heterocycles. The fraction of sp³-hybridized carbons (Fsp3) is 0.400. The van der Waals surface area contributed by atoms with Crippen molar-refractivity contribution >= 4 is 11.7 Å². The maximum absolute atomic E-state index is 11.8. The Balaban J connectivity index is 1.95. The molecule has 3 N–H and O–H groups in total. The van der Waals surface area contributed by atoms with Crippen molar-refractivity contribution in [3.8, 4) is 5.75 Å². The Bertz CT molecular complexity index is 860. The molecule has 0 amide bonds. The predicted molar refractivity (Wildman–Crippen MR) is 100 cm³/mol. The van der Waals surface area contributed by atoms with Crippen molar-refractivity contribution in [2.24, 2.45) is 16.1 Å². The number of nitrogens with two attached hydrogens (primary N) is 1. The number of nitrogens with zero attached hydrogens (tertiary/aromatic N) is 2. The van der Waals surface area contributed by atoms with Crippen molar-refractivity contribution in [1.29, 1.82) is 0 Å². The third kappa shape index (κ3) is 2.15. The van der Waals surface area contributed by atoms with Gasteiger partial charge in [0.05, 0.1) is 13.0 Å². The zero-order chi connectivity index (χ0) is 19.4. The Morgan fingerprint density at radius 3 is 2.41 bits per heavy atom. The molecule has 4 rings (SSSR count). The summed E-state index contributed by atoms with van der Waals surface area (Å²) in [5.74, 6) is 0.465. The number of allylic oxidation sites excluding steroid dienone is 4. The first kappa shape index (κ1) is 17.8. The fourth-order valence-corrected chi connectivity index (χ4v) is 4.75. The minimum absolute atomic E-state index is 0.0824. The predicted octanol–water partition coefficient (Wildman–Crippen LogP) is 1.16. The van der Waals surface area contributed by atoms with Crippen LogP contribution >= 0.6 is 0 Å². The van der Waals surface area contributed by atoms with E-state index in [1.165, 1.54) is 19.3 Å². The summed E-state index contributed by atoms with van der Waals surface area (Å²) >= 11 is 0. The number of fused-ring (bicyclic) bond motifs is 1. The number of aliphatic hydroxyl groups is 1. The zero-order valence-electron chi connectivity index (χ0n) is 15.5. The summed E-state index contributed by atoms with van der Waals surface area (Å²) in [4.78, 5) is 17.9. The van der Waals surface area contributed by atoms with E-state index in [1.54, 1.807) is 19.1 Å². The highest BCUT2D eigenvalue weighted by Crippen LogP contribution is 2.65. The van der Waals surface area contributed by atoms with Gasteiger partial charge in [0, 0.05) is 26.0 Å². The molecular weight excluding hydrogens is 346 g/mol. The van der Waals surface area contributed by atoms with Crippen LogP contribution in [0.2, 0.25) is 0 Å². The number of benzene rings is 1. The second-order valence-electron chi connectivity index (χ2n) is 7.31. The Morgan fingerprint density at radius 1 is 1.22 bits per heavy atom. The van der Waals surface area contributed by atoms with E-state index in [1.807, 2.05) is 36.4 Å². The number of guanidine groups is 1. The molecule has 0 aromatic heterocycles. The van der Waals surface area contributed by atoms with Crippen LogP contribution in [0.25, 0.3) is 0 Å². The van der Waals surface area contributed by atoms with E-state index >= 15 is 0 Å². The molecule has 2 aliphatic carbocycles. The third-order valence-corrected chi connectivity index (χ3v) is 6.11. The minimum Gasteiger partial charge on any atom is -0.497 e. The van der Waals surface area contributed by atoms with Gasteiger partial charge in [0.1, 0.15) is 5.75 Å². The van der Waals surface area contributed by atoms with Gasteiger partial charge in [0.2, 0.25) is 5.72 Å². The van der Waals surface area contributed by atoms with Crippen molar-refractivity contribution in [2.45, 2.75) is 23.8 Å². The maximum Gasteiger partial charge on any atom is 0.218 e. The summed E-state index contributed by atoms with van der Waals surface area (Å²) in [6.07, 6.45) is 7.06. The van der Waals surface area contributed by atoms with Crippen molar-refractivity contribution in [3.63, 3.8) is 0 Å². The number of hydrogen-bond acceptors (Lipinski definition) is 7. The van der Waals surface area contributed by atoms with Gasteiger partial charge in [-0.15, -0.1) is 0 Å². The van der Waals surface area contributed by atoms with Crippen LogP contribution < -0.4 is 10.5 Å². The highest BCUT2D eigenvalue weighted by molar-refractivity contribution is 6.00.